The molecule has 0 spiro atoms. The summed E-state index contributed by atoms with van der Waals surface area (Å²) in [6.45, 7) is 2.96. The van der Waals surface area contributed by atoms with Gasteiger partial charge in [0.15, 0.2) is 0 Å². The van der Waals surface area contributed by atoms with Gasteiger partial charge >= 0.3 is 0 Å². The number of aryl methyl sites for hydroxylation is 1. The maximum atomic E-state index is 9.59. The molecule has 0 aliphatic heterocycles. The van der Waals surface area contributed by atoms with Gasteiger partial charge in [-0.05, 0) is 32.1 Å². The van der Waals surface area contributed by atoms with Gasteiger partial charge in [0.05, 0.1) is 6.10 Å². The summed E-state index contributed by atoms with van der Waals surface area (Å²) in [5, 5.41) is 13.8. The molecule has 2 unspecified atom stereocenters. The van der Waals surface area contributed by atoms with Gasteiger partial charge in [-0.15, -0.1) is 0 Å². The van der Waals surface area contributed by atoms with Gasteiger partial charge in [0.25, 0.3) is 0 Å². The van der Waals surface area contributed by atoms with Crippen LogP contribution in [-0.2, 0) is 13.0 Å². The molecule has 1 N–H and O–H groups in total. The molecule has 1 saturated carbocycles. The van der Waals surface area contributed by atoms with Gasteiger partial charge in [0.2, 0.25) is 0 Å². The van der Waals surface area contributed by atoms with Crippen molar-refractivity contribution in [1.29, 1.82) is 0 Å². The van der Waals surface area contributed by atoms with E-state index in [2.05, 4.69) is 17.0 Å². The first-order chi connectivity index (χ1) is 7.29. The second-order valence-electron chi connectivity index (χ2n) is 4.38. The maximum Gasteiger partial charge on any atom is 0.138 e. The van der Waals surface area contributed by atoms with Gasteiger partial charge in [-0.1, -0.05) is 6.42 Å². The number of hydrogen-bond acceptors (Lipinski definition) is 3. The average Bonchev–Trinajstić information content (AvgIpc) is 2.65. The molecule has 0 saturated heterocycles. The molecule has 1 aliphatic rings. The second-order valence-corrected chi connectivity index (χ2v) is 4.38. The lowest BCUT2D eigenvalue weighted by atomic mass is 9.85. The number of nitrogens with zero attached hydrogens (tertiary/aromatic N) is 3. The van der Waals surface area contributed by atoms with Crippen LogP contribution >= 0.6 is 0 Å². The lowest BCUT2D eigenvalue weighted by Crippen LogP contribution is -2.22. The van der Waals surface area contributed by atoms with E-state index in [1.54, 1.807) is 6.33 Å². The zero-order valence-corrected chi connectivity index (χ0v) is 9.26. The summed E-state index contributed by atoms with van der Waals surface area (Å²) >= 11 is 0. The molecule has 1 aromatic heterocycles. The van der Waals surface area contributed by atoms with Crippen LogP contribution in [0.5, 0.6) is 0 Å². The highest BCUT2D eigenvalue weighted by Gasteiger charge is 2.21. The fourth-order valence-corrected chi connectivity index (χ4v) is 2.42. The molecule has 0 aromatic carbocycles. The molecule has 0 amide bonds. The lowest BCUT2D eigenvalue weighted by molar-refractivity contribution is 0.100. The van der Waals surface area contributed by atoms with Crippen LogP contribution in [0.15, 0.2) is 6.33 Å². The van der Waals surface area contributed by atoms with E-state index in [1.165, 1.54) is 6.42 Å². The topological polar surface area (TPSA) is 50.9 Å². The van der Waals surface area contributed by atoms with Crippen molar-refractivity contribution in [3.63, 3.8) is 0 Å². The minimum absolute atomic E-state index is 0.0956. The van der Waals surface area contributed by atoms with Crippen molar-refractivity contribution in [3.8, 4) is 0 Å². The maximum absolute atomic E-state index is 9.59. The fraction of sp³-hybridized carbons (Fsp3) is 0.818. The van der Waals surface area contributed by atoms with Crippen LogP contribution in [0.1, 0.15) is 38.4 Å². The number of hydrogen-bond donors (Lipinski definition) is 1. The number of rotatable bonds is 3. The molecule has 15 heavy (non-hydrogen) atoms. The molecule has 2 rings (SSSR count). The van der Waals surface area contributed by atoms with Crippen molar-refractivity contribution < 1.29 is 5.11 Å². The standard InChI is InChI=1S/C11H19N3O/c1-2-14-11(12-8-13-14)7-9-4-3-5-10(15)6-9/h8-10,15H,2-7H2,1H3. The first kappa shape index (κ1) is 10.6. The first-order valence-electron chi connectivity index (χ1n) is 5.84. The van der Waals surface area contributed by atoms with Crippen LogP contribution in [0.3, 0.4) is 0 Å². The van der Waals surface area contributed by atoms with E-state index in [0.29, 0.717) is 5.92 Å². The van der Waals surface area contributed by atoms with E-state index in [1.807, 2.05) is 4.68 Å². The van der Waals surface area contributed by atoms with E-state index < -0.39 is 0 Å². The molecular weight excluding hydrogens is 190 g/mol. The van der Waals surface area contributed by atoms with Crippen molar-refractivity contribution in [2.45, 2.75) is 51.7 Å². The van der Waals surface area contributed by atoms with Crippen molar-refractivity contribution in [3.05, 3.63) is 12.2 Å². The Morgan fingerprint density at radius 2 is 2.40 bits per heavy atom. The predicted octanol–water partition coefficient (Wildman–Crippen LogP) is 1.39. The summed E-state index contributed by atoms with van der Waals surface area (Å²) in [6, 6.07) is 0. The van der Waals surface area contributed by atoms with Gasteiger partial charge in [0.1, 0.15) is 12.2 Å². The molecule has 1 fully saturated rings. The third-order valence-electron chi connectivity index (χ3n) is 3.22. The Hall–Kier alpha value is -0.900. The molecule has 1 aromatic rings. The summed E-state index contributed by atoms with van der Waals surface area (Å²) in [5.74, 6) is 1.65. The summed E-state index contributed by atoms with van der Waals surface area (Å²) in [5.41, 5.74) is 0. The number of aliphatic hydroxyl groups is 1. The molecule has 84 valence electrons. The van der Waals surface area contributed by atoms with E-state index in [4.69, 9.17) is 0 Å². The van der Waals surface area contributed by atoms with Crippen molar-refractivity contribution in [1.82, 2.24) is 14.8 Å². The van der Waals surface area contributed by atoms with Crippen LogP contribution in [0, 0.1) is 5.92 Å². The van der Waals surface area contributed by atoms with Crippen molar-refractivity contribution >= 4 is 0 Å². The van der Waals surface area contributed by atoms with E-state index >= 15 is 0 Å². The van der Waals surface area contributed by atoms with E-state index in [-0.39, 0.29) is 6.10 Å². The number of aromatic nitrogens is 3. The van der Waals surface area contributed by atoms with Gasteiger partial charge in [-0.2, -0.15) is 5.10 Å². The van der Waals surface area contributed by atoms with Crippen LogP contribution < -0.4 is 0 Å². The van der Waals surface area contributed by atoms with Crippen molar-refractivity contribution in [2.24, 2.45) is 5.92 Å². The molecule has 0 bridgehead atoms. The van der Waals surface area contributed by atoms with Crippen LogP contribution in [-0.4, -0.2) is 26.0 Å². The van der Waals surface area contributed by atoms with Gasteiger partial charge in [0, 0.05) is 13.0 Å². The Morgan fingerprint density at radius 3 is 3.13 bits per heavy atom. The Kier molecular flexibility index (Phi) is 3.36. The summed E-state index contributed by atoms with van der Waals surface area (Å²) < 4.78 is 1.95. The highest BCUT2D eigenvalue weighted by molar-refractivity contribution is 4.89. The van der Waals surface area contributed by atoms with Crippen LogP contribution in [0.25, 0.3) is 0 Å². The third-order valence-corrected chi connectivity index (χ3v) is 3.22. The monoisotopic (exact) mass is 209 g/mol. The Morgan fingerprint density at radius 1 is 1.53 bits per heavy atom. The molecule has 4 nitrogen and oxygen atoms in total. The molecule has 2 atom stereocenters. The van der Waals surface area contributed by atoms with E-state index in [9.17, 15) is 5.11 Å². The smallest absolute Gasteiger partial charge is 0.138 e. The summed E-state index contributed by atoms with van der Waals surface area (Å²) in [4.78, 5) is 4.28. The Balaban J connectivity index is 1.96. The molecule has 0 radical (unpaired) electrons. The van der Waals surface area contributed by atoms with Crippen molar-refractivity contribution in [2.75, 3.05) is 0 Å². The fourth-order valence-electron chi connectivity index (χ4n) is 2.42. The third kappa shape index (κ3) is 2.56. The minimum Gasteiger partial charge on any atom is -0.393 e. The Labute approximate surface area is 90.3 Å². The lowest BCUT2D eigenvalue weighted by Gasteiger charge is -2.25. The summed E-state index contributed by atoms with van der Waals surface area (Å²) in [7, 11) is 0. The quantitative estimate of drug-likeness (QED) is 0.818. The molecular formula is C11H19N3O. The first-order valence-corrected chi connectivity index (χ1v) is 5.84. The zero-order valence-electron chi connectivity index (χ0n) is 9.26. The molecule has 1 heterocycles. The average molecular weight is 209 g/mol. The van der Waals surface area contributed by atoms with Crippen LogP contribution in [0.4, 0.5) is 0 Å². The van der Waals surface area contributed by atoms with Gasteiger partial charge in [-0.3, -0.25) is 4.68 Å². The molecule has 4 heteroatoms. The van der Waals surface area contributed by atoms with Crippen LogP contribution in [0.2, 0.25) is 0 Å². The minimum atomic E-state index is -0.0956. The highest BCUT2D eigenvalue weighted by atomic mass is 16.3. The van der Waals surface area contributed by atoms with Gasteiger partial charge in [-0.25, -0.2) is 4.98 Å². The number of aliphatic hydroxyl groups excluding tert-OH is 1. The van der Waals surface area contributed by atoms with E-state index in [0.717, 1.165) is 38.1 Å². The largest absolute Gasteiger partial charge is 0.393 e. The van der Waals surface area contributed by atoms with Gasteiger partial charge < -0.3 is 5.11 Å². The Bertz CT molecular complexity index is 311. The second kappa shape index (κ2) is 4.75. The SMILES string of the molecule is CCn1ncnc1CC1CCCC(O)C1. The zero-order chi connectivity index (χ0) is 10.7. The highest BCUT2D eigenvalue weighted by Crippen LogP contribution is 2.26. The normalized spacial score (nSPS) is 26.8. The summed E-state index contributed by atoms with van der Waals surface area (Å²) in [6.07, 6.45) is 6.75. The predicted molar refractivity (Wildman–Crippen MR) is 57.4 cm³/mol. The molecule has 1 aliphatic carbocycles.